The third kappa shape index (κ3) is 2.58. The zero-order chi connectivity index (χ0) is 15.7. The summed E-state index contributed by atoms with van der Waals surface area (Å²) in [5, 5.41) is 19.2. The monoisotopic (exact) mass is 296 g/mol. The zero-order valence-electron chi connectivity index (χ0n) is 13.3. The Labute approximate surface area is 132 Å². The van der Waals surface area contributed by atoms with Crippen LogP contribution in [-0.4, -0.2) is 10.2 Å². The molecule has 1 aliphatic carbocycles. The van der Waals surface area contributed by atoms with Gasteiger partial charge in [0.25, 0.3) is 0 Å². The van der Waals surface area contributed by atoms with Gasteiger partial charge in [-0.2, -0.15) is 0 Å². The third-order valence-corrected chi connectivity index (χ3v) is 5.51. The molecule has 0 unspecified atom stereocenters. The number of aromatic hydroxyl groups is 2. The Bertz CT molecular complexity index is 582. The molecule has 2 aromatic carbocycles. The molecule has 2 N–H and O–H groups in total. The summed E-state index contributed by atoms with van der Waals surface area (Å²) in [7, 11) is 0. The van der Waals surface area contributed by atoms with E-state index in [2.05, 4.69) is 13.8 Å². The average molecular weight is 296 g/mol. The molecule has 0 amide bonds. The Kier molecular flexibility index (Phi) is 3.86. The summed E-state index contributed by atoms with van der Waals surface area (Å²) in [6.07, 6.45) is 3.40. The van der Waals surface area contributed by atoms with Gasteiger partial charge in [0.1, 0.15) is 11.5 Å². The molecule has 1 saturated carbocycles. The number of phenols is 2. The van der Waals surface area contributed by atoms with Crippen LogP contribution in [0, 0.1) is 11.8 Å². The van der Waals surface area contributed by atoms with Crippen molar-refractivity contribution >= 4 is 0 Å². The van der Waals surface area contributed by atoms with E-state index in [0.717, 1.165) is 18.8 Å². The first-order valence-corrected chi connectivity index (χ1v) is 8.10. The molecule has 3 rings (SSSR count). The summed E-state index contributed by atoms with van der Waals surface area (Å²) in [4.78, 5) is 0. The van der Waals surface area contributed by atoms with Crippen LogP contribution in [0.1, 0.15) is 44.2 Å². The summed E-state index contributed by atoms with van der Waals surface area (Å²) in [6.45, 7) is 4.67. The lowest BCUT2D eigenvalue weighted by molar-refractivity contribution is 0.201. The molecular formula is C20H24O2. The molecule has 2 nitrogen and oxygen atoms in total. The van der Waals surface area contributed by atoms with Gasteiger partial charge in [-0.15, -0.1) is 0 Å². The molecule has 116 valence electrons. The third-order valence-electron chi connectivity index (χ3n) is 5.51. The predicted molar refractivity (Wildman–Crippen MR) is 89.2 cm³/mol. The van der Waals surface area contributed by atoms with Crippen molar-refractivity contribution in [3.05, 3.63) is 59.7 Å². The van der Waals surface area contributed by atoms with Crippen LogP contribution < -0.4 is 0 Å². The van der Waals surface area contributed by atoms with Crippen molar-refractivity contribution in [2.75, 3.05) is 0 Å². The van der Waals surface area contributed by atoms with Crippen LogP contribution in [0.25, 0.3) is 0 Å². The van der Waals surface area contributed by atoms with Gasteiger partial charge in [0.05, 0.1) is 0 Å². The van der Waals surface area contributed by atoms with E-state index < -0.39 is 0 Å². The van der Waals surface area contributed by atoms with Crippen LogP contribution in [0.15, 0.2) is 48.5 Å². The minimum atomic E-state index is -0.0205. The molecule has 1 fully saturated rings. The molecule has 1 aliphatic rings. The summed E-state index contributed by atoms with van der Waals surface area (Å²) in [5.41, 5.74) is 2.50. The molecule has 0 bridgehead atoms. The van der Waals surface area contributed by atoms with Crippen molar-refractivity contribution in [2.45, 2.75) is 38.5 Å². The molecule has 2 heteroatoms. The van der Waals surface area contributed by atoms with Crippen molar-refractivity contribution in [3.8, 4) is 11.5 Å². The first kappa shape index (κ1) is 15.0. The lowest BCUT2D eigenvalue weighted by Gasteiger charge is -2.44. The highest BCUT2D eigenvalue weighted by atomic mass is 16.3. The summed E-state index contributed by atoms with van der Waals surface area (Å²) < 4.78 is 0. The Morgan fingerprint density at radius 3 is 1.64 bits per heavy atom. The molecule has 0 spiro atoms. The topological polar surface area (TPSA) is 40.5 Å². The molecule has 2 atom stereocenters. The SMILES string of the molecule is C[C@@H]1CC(c2ccc(O)cc2)(c2ccc(O)cc2)CC[C@@H]1C. The van der Waals surface area contributed by atoms with Crippen molar-refractivity contribution in [1.29, 1.82) is 0 Å². The first-order chi connectivity index (χ1) is 10.5. The van der Waals surface area contributed by atoms with Gasteiger partial charge in [-0.1, -0.05) is 38.1 Å². The largest absolute Gasteiger partial charge is 0.508 e. The van der Waals surface area contributed by atoms with Crippen LogP contribution in [0.3, 0.4) is 0 Å². The highest BCUT2D eigenvalue weighted by Gasteiger charge is 2.40. The van der Waals surface area contributed by atoms with Crippen LogP contribution in [0.4, 0.5) is 0 Å². The number of hydrogen-bond acceptors (Lipinski definition) is 2. The second-order valence-electron chi connectivity index (χ2n) is 6.87. The second kappa shape index (κ2) is 5.68. The molecule has 0 heterocycles. The van der Waals surface area contributed by atoms with Crippen molar-refractivity contribution < 1.29 is 10.2 Å². The lowest BCUT2D eigenvalue weighted by Crippen LogP contribution is -2.36. The predicted octanol–water partition coefficient (Wildman–Crippen LogP) is 4.84. The van der Waals surface area contributed by atoms with E-state index in [4.69, 9.17) is 0 Å². The average Bonchev–Trinajstić information content (AvgIpc) is 2.52. The van der Waals surface area contributed by atoms with Crippen LogP contribution in [0.2, 0.25) is 0 Å². The standard InChI is InChI=1S/C20H24O2/c1-14-11-12-20(13-15(14)2,16-3-7-18(21)8-4-16)17-5-9-19(22)10-6-17/h3-10,14-15,21-22H,11-13H2,1-2H3/t14-,15+/m0/s1. The van der Waals surface area contributed by atoms with Crippen LogP contribution in [0.5, 0.6) is 11.5 Å². The van der Waals surface area contributed by atoms with E-state index in [1.54, 1.807) is 24.3 Å². The molecule has 22 heavy (non-hydrogen) atoms. The van der Waals surface area contributed by atoms with E-state index in [1.807, 2.05) is 24.3 Å². The van der Waals surface area contributed by atoms with Gasteiger partial charge < -0.3 is 10.2 Å². The Hall–Kier alpha value is -1.96. The summed E-state index contributed by atoms with van der Waals surface area (Å²) >= 11 is 0. The summed E-state index contributed by atoms with van der Waals surface area (Å²) in [6, 6.07) is 15.3. The highest BCUT2D eigenvalue weighted by Crippen LogP contribution is 2.49. The number of phenolic OH excluding ortho intramolecular Hbond substituents is 2. The van der Waals surface area contributed by atoms with Gasteiger partial charge >= 0.3 is 0 Å². The zero-order valence-corrected chi connectivity index (χ0v) is 13.3. The van der Waals surface area contributed by atoms with Crippen LogP contribution >= 0.6 is 0 Å². The summed E-state index contributed by atoms with van der Waals surface area (Å²) in [5.74, 6) is 2.00. The minimum absolute atomic E-state index is 0.0205. The Morgan fingerprint density at radius 1 is 0.773 bits per heavy atom. The number of hydrogen-bond donors (Lipinski definition) is 2. The van der Waals surface area contributed by atoms with Crippen LogP contribution in [-0.2, 0) is 5.41 Å². The Morgan fingerprint density at radius 2 is 1.23 bits per heavy atom. The lowest BCUT2D eigenvalue weighted by atomic mass is 9.60. The maximum Gasteiger partial charge on any atom is 0.115 e. The van der Waals surface area contributed by atoms with Gasteiger partial charge in [0.2, 0.25) is 0 Å². The number of benzene rings is 2. The Balaban J connectivity index is 2.09. The highest BCUT2D eigenvalue weighted by molar-refractivity contribution is 5.43. The molecule has 2 aromatic rings. The van der Waals surface area contributed by atoms with E-state index in [1.165, 1.54) is 17.5 Å². The van der Waals surface area contributed by atoms with Crippen molar-refractivity contribution in [2.24, 2.45) is 11.8 Å². The van der Waals surface area contributed by atoms with Gasteiger partial charge in [-0.25, -0.2) is 0 Å². The fourth-order valence-electron chi connectivity index (χ4n) is 3.86. The van der Waals surface area contributed by atoms with E-state index >= 15 is 0 Å². The molecule has 0 radical (unpaired) electrons. The fraction of sp³-hybridized carbons (Fsp3) is 0.400. The van der Waals surface area contributed by atoms with Crippen molar-refractivity contribution in [3.63, 3.8) is 0 Å². The van der Waals surface area contributed by atoms with Gasteiger partial charge in [-0.05, 0) is 66.5 Å². The van der Waals surface area contributed by atoms with Crippen molar-refractivity contribution in [1.82, 2.24) is 0 Å². The fourth-order valence-corrected chi connectivity index (χ4v) is 3.86. The minimum Gasteiger partial charge on any atom is -0.508 e. The maximum absolute atomic E-state index is 9.61. The molecular weight excluding hydrogens is 272 g/mol. The van der Waals surface area contributed by atoms with E-state index in [-0.39, 0.29) is 5.41 Å². The maximum atomic E-state index is 9.61. The number of rotatable bonds is 2. The van der Waals surface area contributed by atoms with E-state index in [0.29, 0.717) is 17.4 Å². The van der Waals surface area contributed by atoms with Gasteiger partial charge in [0.15, 0.2) is 0 Å². The normalized spacial score (nSPS) is 24.1. The quantitative estimate of drug-likeness (QED) is 0.832. The van der Waals surface area contributed by atoms with Gasteiger partial charge in [-0.3, -0.25) is 0 Å². The van der Waals surface area contributed by atoms with Gasteiger partial charge in [0, 0.05) is 5.41 Å². The van der Waals surface area contributed by atoms with E-state index in [9.17, 15) is 10.2 Å². The first-order valence-electron chi connectivity index (χ1n) is 8.10. The molecule has 0 saturated heterocycles. The smallest absolute Gasteiger partial charge is 0.115 e. The molecule has 0 aliphatic heterocycles. The second-order valence-corrected chi connectivity index (χ2v) is 6.87. The molecule has 0 aromatic heterocycles.